The lowest BCUT2D eigenvalue weighted by Gasteiger charge is -2.06. The summed E-state index contributed by atoms with van der Waals surface area (Å²) in [6, 6.07) is 5.58. The zero-order valence-electron chi connectivity index (χ0n) is 9.39. The van der Waals surface area contributed by atoms with E-state index in [1.54, 1.807) is 16.7 Å². The molecule has 2 aromatic rings. The molecule has 1 aromatic carbocycles. The molecule has 1 aliphatic rings. The molecule has 94 valence electrons. The summed E-state index contributed by atoms with van der Waals surface area (Å²) in [6.07, 6.45) is 2.06. The Kier molecular flexibility index (Phi) is 2.83. The lowest BCUT2D eigenvalue weighted by atomic mass is 10.3. The number of aromatic amines is 1. The molecule has 0 atom stereocenters. The molecule has 0 amide bonds. The molecule has 0 spiro atoms. The molecule has 1 aromatic heterocycles. The lowest BCUT2D eigenvalue weighted by Crippen LogP contribution is -2.16. The Morgan fingerprint density at radius 2 is 2.28 bits per heavy atom. The quantitative estimate of drug-likeness (QED) is 0.847. The molecule has 1 aliphatic carbocycles. The first kappa shape index (κ1) is 11.7. The monoisotopic (exact) mass is 282 g/mol. The highest BCUT2D eigenvalue weighted by atomic mass is 35.5. The number of halogens is 1. The van der Waals surface area contributed by atoms with Gasteiger partial charge in [0.05, 0.1) is 0 Å². The Hall–Kier alpha value is -1.40. The van der Waals surface area contributed by atoms with Gasteiger partial charge in [-0.1, -0.05) is 11.6 Å². The summed E-state index contributed by atoms with van der Waals surface area (Å²) >= 11 is 7.23. The smallest absolute Gasteiger partial charge is 0.344 e. The molecule has 5 nitrogen and oxygen atoms in total. The molecule has 1 saturated carbocycles. The van der Waals surface area contributed by atoms with Crippen LogP contribution in [0.5, 0.6) is 0 Å². The molecule has 3 rings (SSSR count). The molecule has 18 heavy (non-hydrogen) atoms. The summed E-state index contributed by atoms with van der Waals surface area (Å²) < 4.78 is 1.69. The van der Waals surface area contributed by atoms with Crippen LogP contribution in [0.15, 0.2) is 33.0 Å². The second-order valence-electron chi connectivity index (χ2n) is 4.20. The van der Waals surface area contributed by atoms with Gasteiger partial charge in [0.25, 0.3) is 0 Å². The van der Waals surface area contributed by atoms with E-state index in [4.69, 9.17) is 17.3 Å². The topological polar surface area (TPSA) is 76.7 Å². The second kappa shape index (κ2) is 4.37. The Morgan fingerprint density at radius 3 is 2.94 bits per heavy atom. The van der Waals surface area contributed by atoms with Crippen molar-refractivity contribution in [3.8, 4) is 0 Å². The van der Waals surface area contributed by atoms with E-state index in [9.17, 15) is 4.79 Å². The Bertz CT molecular complexity index is 647. The van der Waals surface area contributed by atoms with Crippen molar-refractivity contribution >= 4 is 29.1 Å². The number of H-pyrrole nitrogens is 1. The fourth-order valence-corrected chi connectivity index (χ4v) is 2.84. The summed E-state index contributed by atoms with van der Waals surface area (Å²) in [6.45, 7) is 0. The summed E-state index contributed by atoms with van der Waals surface area (Å²) in [5.74, 6) is 0. The van der Waals surface area contributed by atoms with Crippen LogP contribution in [0.25, 0.3) is 0 Å². The van der Waals surface area contributed by atoms with Gasteiger partial charge in [-0.2, -0.15) is 0 Å². The maximum atomic E-state index is 11.6. The molecule has 1 fully saturated rings. The Morgan fingerprint density at radius 1 is 1.50 bits per heavy atom. The van der Waals surface area contributed by atoms with Crippen LogP contribution in [0.3, 0.4) is 0 Å². The minimum atomic E-state index is -0.160. The minimum absolute atomic E-state index is 0.160. The summed E-state index contributed by atoms with van der Waals surface area (Å²) in [7, 11) is 0. The number of benzene rings is 1. The van der Waals surface area contributed by atoms with Crippen molar-refractivity contribution in [3.63, 3.8) is 0 Å². The predicted molar refractivity (Wildman–Crippen MR) is 71.1 cm³/mol. The molecule has 0 unspecified atom stereocenters. The first-order valence-electron chi connectivity index (χ1n) is 5.55. The van der Waals surface area contributed by atoms with Crippen molar-refractivity contribution in [3.05, 3.63) is 33.7 Å². The van der Waals surface area contributed by atoms with Gasteiger partial charge >= 0.3 is 5.69 Å². The molecular weight excluding hydrogens is 272 g/mol. The zero-order valence-corrected chi connectivity index (χ0v) is 11.0. The van der Waals surface area contributed by atoms with Crippen LogP contribution in [0, 0.1) is 0 Å². The average Bonchev–Trinajstić information content (AvgIpc) is 3.08. The number of nitrogens with zero attached hydrogens (tertiary/aromatic N) is 2. The molecule has 1 heterocycles. The van der Waals surface area contributed by atoms with Crippen LogP contribution in [0.1, 0.15) is 18.9 Å². The molecule has 0 bridgehead atoms. The van der Waals surface area contributed by atoms with E-state index in [1.807, 2.05) is 6.07 Å². The number of nitrogen functional groups attached to an aromatic ring is 1. The molecule has 0 radical (unpaired) electrons. The minimum Gasteiger partial charge on any atom is -0.398 e. The summed E-state index contributed by atoms with van der Waals surface area (Å²) in [4.78, 5) is 12.5. The van der Waals surface area contributed by atoms with Gasteiger partial charge in [0.2, 0.25) is 0 Å². The number of anilines is 1. The number of hydrogen-bond acceptors (Lipinski definition) is 4. The molecule has 0 aliphatic heterocycles. The fourth-order valence-electron chi connectivity index (χ4n) is 1.73. The maximum absolute atomic E-state index is 11.6. The van der Waals surface area contributed by atoms with E-state index >= 15 is 0 Å². The van der Waals surface area contributed by atoms with E-state index in [2.05, 4.69) is 10.2 Å². The molecule has 0 saturated heterocycles. The SMILES string of the molecule is Nc1cc(Cl)ccc1Sc1n[nH]c(=O)n1C1CC1. The third-order valence-corrected chi connectivity index (χ3v) is 4.05. The Balaban J connectivity index is 1.94. The van der Waals surface area contributed by atoms with E-state index in [0.717, 1.165) is 17.7 Å². The van der Waals surface area contributed by atoms with E-state index in [0.29, 0.717) is 15.9 Å². The van der Waals surface area contributed by atoms with E-state index < -0.39 is 0 Å². The predicted octanol–water partition coefficient (Wildman–Crippen LogP) is 2.29. The Labute approximate surface area is 112 Å². The zero-order chi connectivity index (χ0) is 12.7. The highest BCUT2D eigenvalue weighted by molar-refractivity contribution is 7.99. The lowest BCUT2D eigenvalue weighted by molar-refractivity contribution is 0.642. The normalized spacial score (nSPS) is 14.9. The molecule has 3 N–H and O–H groups in total. The van der Waals surface area contributed by atoms with Gasteiger partial charge in [0.15, 0.2) is 5.16 Å². The van der Waals surface area contributed by atoms with Crippen LogP contribution in [0.4, 0.5) is 5.69 Å². The maximum Gasteiger partial charge on any atom is 0.344 e. The summed E-state index contributed by atoms with van der Waals surface area (Å²) in [5, 5.41) is 7.76. The van der Waals surface area contributed by atoms with Gasteiger partial charge < -0.3 is 5.73 Å². The van der Waals surface area contributed by atoms with Gasteiger partial charge in [-0.25, -0.2) is 9.89 Å². The van der Waals surface area contributed by atoms with Gasteiger partial charge in [0.1, 0.15) is 0 Å². The van der Waals surface area contributed by atoms with Crippen LogP contribution in [-0.4, -0.2) is 14.8 Å². The number of hydrogen-bond donors (Lipinski definition) is 2. The van der Waals surface area contributed by atoms with E-state index in [1.165, 1.54) is 11.8 Å². The second-order valence-corrected chi connectivity index (χ2v) is 5.64. The first-order chi connectivity index (χ1) is 8.65. The highest BCUT2D eigenvalue weighted by Crippen LogP contribution is 2.39. The average molecular weight is 283 g/mol. The van der Waals surface area contributed by atoms with Crippen molar-refractivity contribution in [1.82, 2.24) is 14.8 Å². The molecular formula is C11H11ClN4OS. The van der Waals surface area contributed by atoms with Gasteiger partial charge in [-0.3, -0.25) is 4.57 Å². The van der Waals surface area contributed by atoms with Crippen LogP contribution in [0.2, 0.25) is 5.02 Å². The van der Waals surface area contributed by atoms with Crippen LogP contribution >= 0.6 is 23.4 Å². The third-order valence-electron chi connectivity index (χ3n) is 2.76. The number of nitrogens with two attached hydrogens (primary N) is 1. The number of aromatic nitrogens is 3. The van der Waals surface area contributed by atoms with Crippen LogP contribution in [-0.2, 0) is 0 Å². The van der Waals surface area contributed by atoms with E-state index in [-0.39, 0.29) is 11.7 Å². The standard InChI is InChI=1S/C11H11ClN4OS/c12-6-1-4-9(8(13)5-6)18-11-15-14-10(17)16(11)7-2-3-7/h1,4-5,7H,2-3,13H2,(H,14,17). The summed E-state index contributed by atoms with van der Waals surface area (Å²) in [5.41, 5.74) is 6.32. The van der Waals surface area contributed by atoms with Gasteiger partial charge in [-0.05, 0) is 42.8 Å². The van der Waals surface area contributed by atoms with Crippen LogP contribution < -0.4 is 11.4 Å². The highest BCUT2D eigenvalue weighted by Gasteiger charge is 2.28. The van der Waals surface area contributed by atoms with Crippen molar-refractivity contribution in [2.24, 2.45) is 0 Å². The van der Waals surface area contributed by atoms with Crippen molar-refractivity contribution in [1.29, 1.82) is 0 Å². The van der Waals surface area contributed by atoms with Crippen molar-refractivity contribution < 1.29 is 0 Å². The number of nitrogens with one attached hydrogen (secondary N) is 1. The largest absolute Gasteiger partial charge is 0.398 e. The number of rotatable bonds is 3. The third kappa shape index (κ3) is 2.13. The van der Waals surface area contributed by atoms with Gasteiger partial charge in [-0.15, -0.1) is 5.10 Å². The van der Waals surface area contributed by atoms with Crippen molar-refractivity contribution in [2.45, 2.75) is 28.9 Å². The van der Waals surface area contributed by atoms with Crippen molar-refractivity contribution in [2.75, 3.05) is 5.73 Å². The molecule has 7 heteroatoms. The van der Waals surface area contributed by atoms with Gasteiger partial charge in [0, 0.05) is 21.6 Å². The fraction of sp³-hybridized carbons (Fsp3) is 0.273. The first-order valence-corrected chi connectivity index (χ1v) is 6.74.